The third kappa shape index (κ3) is 12.9. The van der Waals surface area contributed by atoms with Gasteiger partial charge in [0.15, 0.2) is 0 Å². The number of aliphatic imine (C=N–C) groups is 2. The quantitative estimate of drug-likeness (QED) is 0.182. The Morgan fingerprint density at radius 1 is 0.708 bits per heavy atom. The molecule has 48 heavy (non-hydrogen) atoms. The van der Waals surface area contributed by atoms with Crippen LogP contribution < -0.4 is 0 Å². The van der Waals surface area contributed by atoms with Gasteiger partial charge in [-0.3, -0.25) is 11.3 Å². The zero-order valence-electron chi connectivity index (χ0n) is 30.6. The van der Waals surface area contributed by atoms with E-state index in [0.29, 0.717) is 11.3 Å². The van der Waals surface area contributed by atoms with Crippen molar-refractivity contribution < 1.29 is 48.6 Å². The third-order valence-electron chi connectivity index (χ3n) is 9.06. The van der Waals surface area contributed by atoms with Gasteiger partial charge in [0.2, 0.25) is 0 Å². The van der Waals surface area contributed by atoms with Gasteiger partial charge in [-0.15, -0.1) is 11.5 Å². The summed E-state index contributed by atoms with van der Waals surface area (Å²) in [5.41, 5.74) is 4.09. The molecule has 0 aliphatic heterocycles. The number of aromatic hydroxyl groups is 2. The number of hydrogen-bond donors (Lipinski definition) is 2. The van der Waals surface area contributed by atoms with Crippen LogP contribution in [0, 0.1) is 12.0 Å². The SMILES string of the molecule is CC(C)(C)c1cc(C=N[C@@H]2CCCC[C@H]2N=Cc2c[c-]cc(C(C)(C)C)c2O)c(O)c(C(C)(C)C)c1.O=[C-]C1CC/C=C\CCC1.[Co+2].[Co]. The molecule has 1 fully saturated rings. The van der Waals surface area contributed by atoms with Crippen LogP contribution in [0.5, 0.6) is 11.5 Å². The molecule has 2 aliphatic rings. The summed E-state index contributed by atoms with van der Waals surface area (Å²) in [5, 5.41) is 21.9. The number of phenolic OH excluding ortho intramolecular Hbond substituents is 2. The van der Waals surface area contributed by atoms with Crippen molar-refractivity contribution >= 4 is 18.7 Å². The molecule has 2 radical (unpaired) electrons. The van der Waals surface area contributed by atoms with Crippen LogP contribution in [0.1, 0.15) is 148 Å². The normalized spacial score (nSPS) is 21.2. The van der Waals surface area contributed by atoms with Crippen molar-refractivity contribution in [2.45, 2.75) is 148 Å². The summed E-state index contributed by atoms with van der Waals surface area (Å²) in [6, 6.07) is 11.1. The van der Waals surface area contributed by atoms with Crippen LogP contribution >= 0.6 is 0 Å². The Kier molecular flexibility index (Phi) is 17.6. The van der Waals surface area contributed by atoms with Crippen LogP contribution in [0.15, 0.2) is 46.4 Å². The second-order valence-corrected chi connectivity index (χ2v) is 16.2. The maximum Gasteiger partial charge on any atom is 2.00 e. The number of nitrogens with zero attached hydrogens (tertiary/aromatic N) is 2. The molecule has 268 valence electrons. The zero-order valence-corrected chi connectivity index (χ0v) is 32.7. The Labute approximate surface area is 312 Å². The van der Waals surface area contributed by atoms with Crippen LogP contribution in [0.3, 0.4) is 0 Å². The third-order valence-corrected chi connectivity index (χ3v) is 9.06. The van der Waals surface area contributed by atoms with E-state index in [1.807, 2.05) is 12.3 Å². The maximum atomic E-state index is 11.1. The molecule has 5 nitrogen and oxygen atoms in total. The maximum absolute atomic E-state index is 11.1. The van der Waals surface area contributed by atoms with Gasteiger partial charge in [0.25, 0.3) is 0 Å². The summed E-state index contributed by atoms with van der Waals surface area (Å²) in [4.78, 5) is 20.1. The number of benzene rings is 2. The molecule has 2 aliphatic carbocycles. The largest absolute Gasteiger partial charge is 2.00 e. The molecule has 0 heterocycles. The van der Waals surface area contributed by atoms with E-state index in [-0.39, 0.29) is 73.6 Å². The van der Waals surface area contributed by atoms with Gasteiger partial charge in [0.05, 0.1) is 12.1 Å². The van der Waals surface area contributed by atoms with E-state index >= 15 is 0 Å². The van der Waals surface area contributed by atoms with E-state index in [4.69, 9.17) is 9.98 Å². The van der Waals surface area contributed by atoms with Gasteiger partial charge in [-0.1, -0.05) is 124 Å². The summed E-state index contributed by atoms with van der Waals surface area (Å²) in [7, 11) is 0. The first-order valence-corrected chi connectivity index (χ1v) is 17.2. The summed E-state index contributed by atoms with van der Waals surface area (Å²) >= 11 is 0. The van der Waals surface area contributed by atoms with Gasteiger partial charge in [0.1, 0.15) is 5.75 Å². The first kappa shape index (κ1) is 43.8. The van der Waals surface area contributed by atoms with Crippen LogP contribution in [-0.2, 0) is 54.6 Å². The minimum atomic E-state index is -0.174. The number of hydrogen-bond acceptors (Lipinski definition) is 5. The molecule has 3 atom stereocenters. The molecule has 0 saturated heterocycles. The van der Waals surface area contributed by atoms with E-state index in [0.717, 1.165) is 74.5 Å². The standard InChI is InChI=1S/C32H45N2O2.C9H13O.2Co/c1-30(2,3)23-17-22(29(36)25(18-23)32(7,8)9)20-34-27-16-11-10-15-26(27)33-19-21-13-12-14-24(28(21)35)31(4,5)6;10-8-9-6-4-2-1-3-5-7-9;;/h13-14,17-20,26-27,35-36H,10-11,15-16H2,1-9H3;1-2,9H,3-7H2;;/q2*-1;;+2/b;2-1-;;/t26-,27-;;;/m1.../s1. The smallest absolute Gasteiger partial charge is 0.542 e. The Bertz CT molecular complexity index is 1390. The van der Waals surface area contributed by atoms with Crippen molar-refractivity contribution in [3.05, 3.63) is 70.3 Å². The number of rotatable bonds is 5. The van der Waals surface area contributed by atoms with Crippen molar-refractivity contribution in [1.29, 1.82) is 0 Å². The molecule has 2 aromatic rings. The fourth-order valence-corrected chi connectivity index (χ4v) is 6.01. The van der Waals surface area contributed by atoms with E-state index in [1.165, 1.54) is 5.56 Å². The topological polar surface area (TPSA) is 82.2 Å². The average molecular weight is 745 g/mol. The number of carbonyl (C=O) groups excluding carboxylic acids is 1. The van der Waals surface area contributed by atoms with Crippen LogP contribution in [0.2, 0.25) is 0 Å². The van der Waals surface area contributed by atoms with Crippen molar-refractivity contribution in [2.75, 3.05) is 0 Å². The molecule has 1 saturated carbocycles. The Morgan fingerprint density at radius 3 is 1.79 bits per heavy atom. The summed E-state index contributed by atoms with van der Waals surface area (Å²) in [6.07, 6.45) is 19.6. The molecular formula is C41H58Co2N2O3. The predicted octanol–water partition coefficient (Wildman–Crippen LogP) is 9.87. The molecule has 0 amide bonds. The Hall–Kier alpha value is -2.20. The van der Waals surface area contributed by atoms with E-state index < -0.39 is 0 Å². The second-order valence-electron chi connectivity index (χ2n) is 16.2. The van der Waals surface area contributed by atoms with Gasteiger partial charge in [0, 0.05) is 39.9 Å². The van der Waals surface area contributed by atoms with Gasteiger partial charge in [-0.05, 0) is 54.4 Å². The zero-order chi connectivity index (χ0) is 34.1. The molecule has 4 rings (SSSR count). The van der Waals surface area contributed by atoms with Crippen LogP contribution in [0.4, 0.5) is 0 Å². The molecule has 0 spiro atoms. The summed E-state index contributed by atoms with van der Waals surface area (Å²) < 4.78 is 0. The molecule has 1 unspecified atom stereocenters. The molecule has 2 N–H and O–H groups in total. The number of phenols is 2. The van der Waals surface area contributed by atoms with Gasteiger partial charge < -0.3 is 20.0 Å². The monoisotopic (exact) mass is 744 g/mol. The summed E-state index contributed by atoms with van der Waals surface area (Å²) in [5.74, 6) is 0.805. The van der Waals surface area contributed by atoms with Gasteiger partial charge in [-0.25, -0.2) is 0 Å². The minimum absolute atomic E-state index is 0. The van der Waals surface area contributed by atoms with Gasteiger partial charge in [-0.2, -0.15) is 18.2 Å². The first-order valence-electron chi connectivity index (χ1n) is 17.2. The van der Waals surface area contributed by atoms with Gasteiger partial charge >= 0.3 is 16.8 Å². The Balaban J connectivity index is 0.000000823. The fraction of sp³-hybridized carbons (Fsp3) is 0.585. The Morgan fingerprint density at radius 2 is 1.25 bits per heavy atom. The van der Waals surface area contributed by atoms with Crippen LogP contribution in [-0.4, -0.2) is 41.0 Å². The fourth-order valence-electron chi connectivity index (χ4n) is 6.01. The number of allylic oxidation sites excluding steroid dienone is 2. The van der Waals surface area contributed by atoms with Crippen molar-refractivity contribution in [3.63, 3.8) is 0 Å². The van der Waals surface area contributed by atoms with E-state index in [9.17, 15) is 15.0 Å². The van der Waals surface area contributed by atoms with Crippen molar-refractivity contribution in [1.82, 2.24) is 0 Å². The molecule has 2 aromatic carbocycles. The predicted molar refractivity (Wildman–Crippen MR) is 194 cm³/mol. The van der Waals surface area contributed by atoms with E-state index in [1.54, 1.807) is 12.3 Å². The van der Waals surface area contributed by atoms with E-state index in [2.05, 4.69) is 99.0 Å². The van der Waals surface area contributed by atoms with Crippen molar-refractivity contribution in [2.24, 2.45) is 15.9 Å². The molecule has 0 aromatic heterocycles. The summed E-state index contributed by atoms with van der Waals surface area (Å²) in [6.45, 7) is 19.2. The van der Waals surface area contributed by atoms with Crippen molar-refractivity contribution in [3.8, 4) is 11.5 Å². The minimum Gasteiger partial charge on any atom is -0.542 e. The molecule has 0 bridgehead atoms. The average Bonchev–Trinajstić information content (AvgIpc) is 2.95. The first-order chi connectivity index (χ1) is 21.5. The molecular weight excluding hydrogens is 686 g/mol. The molecule has 7 heteroatoms. The van der Waals surface area contributed by atoms with Crippen LogP contribution in [0.25, 0.3) is 0 Å². The second kappa shape index (κ2) is 19.3.